The lowest BCUT2D eigenvalue weighted by Crippen LogP contribution is -2.57. The largest absolute Gasteiger partial charge is 0.411 e. The molecule has 0 heterocycles. The van der Waals surface area contributed by atoms with Crippen LogP contribution in [0.5, 0.6) is 0 Å². The lowest BCUT2D eigenvalue weighted by Gasteiger charge is -2.60. The highest BCUT2D eigenvalue weighted by molar-refractivity contribution is 6.40. The van der Waals surface area contributed by atoms with Gasteiger partial charge in [0, 0.05) is 12.8 Å². The smallest absolute Gasteiger partial charge is 0.180 e. The number of aliphatic hydroxyl groups is 1. The summed E-state index contributed by atoms with van der Waals surface area (Å²) in [6.45, 7) is 6.68. The predicted octanol–water partition coefficient (Wildman–Crippen LogP) is 3.79. The van der Waals surface area contributed by atoms with Crippen molar-refractivity contribution in [3.05, 3.63) is 0 Å². The fourth-order valence-electron chi connectivity index (χ4n) is 7.28. The third-order valence-electron chi connectivity index (χ3n) is 9.05. The van der Waals surface area contributed by atoms with Crippen molar-refractivity contribution in [3.63, 3.8) is 0 Å². The molecule has 4 heteroatoms. The van der Waals surface area contributed by atoms with Crippen LogP contribution in [0.3, 0.4) is 0 Å². The van der Waals surface area contributed by atoms with E-state index in [4.69, 9.17) is 0 Å². The Bertz CT molecular complexity index is 598. The van der Waals surface area contributed by atoms with E-state index in [1.54, 1.807) is 0 Å². The Morgan fingerprint density at radius 3 is 2.46 bits per heavy atom. The molecule has 0 bridgehead atoms. The van der Waals surface area contributed by atoms with Crippen LogP contribution in [0.1, 0.15) is 72.1 Å². The van der Waals surface area contributed by atoms with Crippen LogP contribution in [0.4, 0.5) is 0 Å². The number of carbonyl (C=O) groups excluding carboxylic acids is 1. The number of carbonyl (C=O) groups is 1. The molecule has 0 aromatic heterocycles. The van der Waals surface area contributed by atoms with Crippen LogP contribution in [-0.4, -0.2) is 27.4 Å². The Kier molecular flexibility index (Phi) is 3.49. The SMILES string of the molecule is C[C@]12C/C(=N/O)C(=O)CC1CC[C@@H]1[C@@H]2CC[C@@]2(C)[C@H]1CC[C@]2(C)O. The number of Topliss-reactive ketones (excluding diaryl/α,β-unsaturated/α-hetero) is 1. The molecule has 4 aliphatic rings. The second kappa shape index (κ2) is 5.06. The Hall–Kier alpha value is -0.900. The number of nitrogens with zero attached hydrogens (tertiary/aromatic N) is 1. The number of hydrogen-bond acceptors (Lipinski definition) is 4. The van der Waals surface area contributed by atoms with Crippen molar-refractivity contribution in [2.24, 2.45) is 39.7 Å². The summed E-state index contributed by atoms with van der Waals surface area (Å²) in [6, 6.07) is 0. The highest BCUT2D eigenvalue weighted by atomic mass is 16.4. The van der Waals surface area contributed by atoms with Crippen molar-refractivity contribution in [2.45, 2.75) is 77.7 Å². The first-order valence-corrected chi connectivity index (χ1v) is 9.69. The number of oxime groups is 1. The summed E-state index contributed by atoms with van der Waals surface area (Å²) in [5.41, 5.74) is -0.0361. The molecule has 134 valence electrons. The fourth-order valence-corrected chi connectivity index (χ4v) is 7.28. The van der Waals surface area contributed by atoms with E-state index in [0.29, 0.717) is 42.2 Å². The van der Waals surface area contributed by atoms with Crippen LogP contribution in [-0.2, 0) is 4.79 Å². The topological polar surface area (TPSA) is 69.9 Å². The van der Waals surface area contributed by atoms with Gasteiger partial charge in [0.05, 0.1) is 5.60 Å². The summed E-state index contributed by atoms with van der Waals surface area (Å²) in [4.78, 5) is 12.2. The van der Waals surface area contributed by atoms with Crippen LogP contribution in [0, 0.1) is 34.5 Å². The summed E-state index contributed by atoms with van der Waals surface area (Å²) in [5.74, 6) is 2.31. The molecule has 7 atom stereocenters. The van der Waals surface area contributed by atoms with E-state index in [9.17, 15) is 15.1 Å². The normalized spacial score (nSPS) is 55.8. The van der Waals surface area contributed by atoms with Gasteiger partial charge in [-0.2, -0.15) is 0 Å². The molecule has 1 unspecified atom stereocenters. The molecule has 4 saturated carbocycles. The van der Waals surface area contributed by atoms with Gasteiger partial charge in [-0.25, -0.2) is 0 Å². The Morgan fingerprint density at radius 2 is 1.75 bits per heavy atom. The molecule has 4 aliphatic carbocycles. The zero-order valence-electron chi connectivity index (χ0n) is 15.2. The summed E-state index contributed by atoms with van der Waals surface area (Å²) in [5, 5.41) is 23.5. The molecule has 4 fully saturated rings. The molecule has 2 N–H and O–H groups in total. The molecular formula is C20H31NO3. The lowest BCUT2D eigenvalue weighted by molar-refractivity contribution is -0.143. The first-order valence-electron chi connectivity index (χ1n) is 9.69. The second-order valence-corrected chi connectivity index (χ2v) is 9.78. The average Bonchev–Trinajstić information content (AvgIpc) is 2.77. The Balaban J connectivity index is 1.67. The molecule has 0 aromatic rings. The molecule has 4 nitrogen and oxygen atoms in total. The van der Waals surface area contributed by atoms with Crippen molar-refractivity contribution in [1.82, 2.24) is 0 Å². The van der Waals surface area contributed by atoms with Crippen LogP contribution in [0.15, 0.2) is 5.16 Å². The minimum Gasteiger partial charge on any atom is -0.411 e. The molecule has 0 aliphatic heterocycles. The molecule has 4 rings (SSSR count). The van der Waals surface area contributed by atoms with Gasteiger partial charge in [0.1, 0.15) is 5.71 Å². The zero-order chi connectivity index (χ0) is 17.3. The van der Waals surface area contributed by atoms with Crippen LogP contribution >= 0.6 is 0 Å². The van der Waals surface area contributed by atoms with E-state index in [2.05, 4.69) is 19.0 Å². The minimum atomic E-state index is -0.541. The van der Waals surface area contributed by atoms with Gasteiger partial charge in [-0.3, -0.25) is 4.79 Å². The molecule has 24 heavy (non-hydrogen) atoms. The van der Waals surface area contributed by atoms with E-state index in [-0.39, 0.29) is 16.6 Å². The van der Waals surface area contributed by atoms with Gasteiger partial charge >= 0.3 is 0 Å². The quantitative estimate of drug-likeness (QED) is 0.523. The molecule has 0 amide bonds. The number of ketones is 1. The Morgan fingerprint density at radius 1 is 1.04 bits per heavy atom. The van der Waals surface area contributed by atoms with Crippen LogP contribution in [0.2, 0.25) is 0 Å². The van der Waals surface area contributed by atoms with Gasteiger partial charge in [-0.15, -0.1) is 0 Å². The van der Waals surface area contributed by atoms with Crippen molar-refractivity contribution < 1.29 is 15.1 Å². The fraction of sp³-hybridized carbons (Fsp3) is 0.900. The number of hydrogen-bond donors (Lipinski definition) is 2. The zero-order valence-corrected chi connectivity index (χ0v) is 15.2. The highest BCUT2D eigenvalue weighted by Gasteiger charge is 2.63. The Labute approximate surface area is 144 Å². The third kappa shape index (κ3) is 1.95. The predicted molar refractivity (Wildman–Crippen MR) is 92.0 cm³/mol. The number of fused-ring (bicyclic) bond motifs is 5. The monoisotopic (exact) mass is 333 g/mol. The summed E-state index contributed by atoms with van der Waals surface area (Å²) < 4.78 is 0. The van der Waals surface area contributed by atoms with Crippen LogP contribution in [0.25, 0.3) is 0 Å². The average molecular weight is 333 g/mol. The maximum atomic E-state index is 12.2. The van der Waals surface area contributed by atoms with E-state index >= 15 is 0 Å². The second-order valence-electron chi connectivity index (χ2n) is 9.78. The van der Waals surface area contributed by atoms with Crippen molar-refractivity contribution in [2.75, 3.05) is 0 Å². The first kappa shape index (κ1) is 16.6. The summed E-state index contributed by atoms with van der Waals surface area (Å²) >= 11 is 0. The van der Waals surface area contributed by atoms with Crippen LogP contribution < -0.4 is 0 Å². The molecule has 0 saturated heterocycles. The van der Waals surface area contributed by atoms with Gasteiger partial charge < -0.3 is 10.3 Å². The maximum Gasteiger partial charge on any atom is 0.180 e. The first-order chi connectivity index (χ1) is 11.2. The van der Waals surface area contributed by atoms with E-state index in [0.717, 1.165) is 32.1 Å². The van der Waals surface area contributed by atoms with Crippen molar-refractivity contribution >= 4 is 11.5 Å². The summed E-state index contributed by atoms with van der Waals surface area (Å²) in [6.07, 6.45) is 7.75. The van der Waals surface area contributed by atoms with E-state index in [1.165, 1.54) is 6.42 Å². The maximum absolute atomic E-state index is 12.2. The van der Waals surface area contributed by atoms with E-state index < -0.39 is 5.60 Å². The standard InChI is InChI=1S/C20H31NO3/c1-18-11-16(21-24)17(22)10-12(18)4-5-13-14(18)6-8-19(2)15(13)7-9-20(19,3)23/h12-15,23-24H,4-11H2,1-3H3/b21-16-/t12?,13-,14+,15+,18+,19+,20+/m1/s1. The van der Waals surface area contributed by atoms with Gasteiger partial charge in [0.2, 0.25) is 0 Å². The molecular weight excluding hydrogens is 302 g/mol. The van der Waals surface area contributed by atoms with Gasteiger partial charge in [0.25, 0.3) is 0 Å². The number of rotatable bonds is 0. The van der Waals surface area contributed by atoms with Gasteiger partial charge in [-0.1, -0.05) is 19.0 Å². The van der Waals surface area contributed by atoms with Gasteiger partial charge in [0.15, 0.2) is 5.78 Å². The molecule has 0 spiro atoms. The third-order valence-corrected chi connectivity index (χ3v) is 9.05. The van der Waals surface area contributed by atoms with Crippen molar-refractivity contribution in [1.29, 1.82) is 0 Å². The minimum absolute atomic E-state index is 0.0374. The lowest BCUT2D eigenvalue weighted by atomic mass is 9.44. The van der Waals surface area contributed by atoms with E-state index in [1.807, 2.05) is 6.92 Å². The molecule has 0 aromatic carbocycles. The van der Waals surface area contributed by atoms with Crippen molar-refractivity contribution in [3.8, 4) is 0 Å². The summed E-state index contributed by atoms with van der Waals surface area (Å²) in [7, 11) is 0. The van der Waals surface area contributed by atoms with Gasteiger partial charge in [-0.05, 0) is 80.0 Å². The molecule has 0 radical (unpaired) electrons. The highest BCUT2D eigenvalue weighted by Crippen LogP contribution is 2.67.